The molecule has 0 saturated heterocycles. The number of methoxy groups -OCH3 is 2. The summed E-state index contributed by atoms with van der Waals surface area (Å²) >= 11 is 0. The quantitative estimate of drug-likeness (QED) is 0.848. The van der Waals surface area contributed by atoms with Gasteiger partial charge in [0.2, 0.25) is 0 Å². The van der Waals surface area contributed by atoms with Crippen molar-refractivity contribution >= 4 is 5.78 Å². The molecule has 1 fully saturated rings. The van der Waals surface area contributed by atoms with Gasteiger partial charge in [0, 0.05) is 6.07 Å². The van der Waals surface area contributed by atoms with Crippen molar-refractivity contribution in [1.82, 2.24) is 0 Å². The molecule has 4 heteroatoms. The smallest absolute Gasteiger partial charge is 0.186 e. The SMILES string of the molecule is COc1ccc(C(=O)C2(N)CCCCC2)c(OC)c1. The van der Waals surface area contributed by atoms with Crippen molar-refractivity contribution < 1.29 is 14.3 Å². The molecule has 0 aliphatic heterocycles. The normalized spacial score (nSPS) is 17.8. The summed E-state index contributed by atoms with van der Waals surface area (Å²) in [6.07, 6.45) is 4.69. The number of benzene rings is 1. The Balaban J connectivity index is 2.32. The maximum Gasteiger partial charge on any atom is 0.186 e. The zero-order valence-electron chi connectivity index (χ0n) is 11.6. The number of ether oxygens (including phenoxy) is 2. The van der Waals surface area contributed by atoms with Gasteiger partial charge >= 0.3 is 0 Å². The summed E-state index contributed by atoms with van der Waals surface area (Å²) in [4.78, 5) is 12.7. The highest BCUT2D eigenvalue weighted by Gasteiger charge is 2.37. The van der Waals surface area contributed by atoms with Gasteiger partial charge in [-0.2, -0.15) is 0 Å². The van der Waals surface area contributed by atoms with Crippen LogP contribution in [0.4, 0.5) is 0 Å². The van der Waals surface area contributed by atoms with Crippen molar-refractivity contribution in [3.8, 4) is 11.5 Å². The number of carbonyl (C=O) groups excluding carboxylic acids is 1. The lowest BCUT2D eigenvalue weighted by Crippen LogP contribution is -2.49. The molecule has 0 aromatic heterocycles. The second-order valence-corrected chi connectivity index (χ2v) is 5.11. The average molecular weight is 263 g/mol. The van der Waals surface area contributed by atoms with E-state index in [0.29, 0.717) is 17.1 Å². The molecule has 0 spiro atoms. The minimum Gasteiger partial charge on any atom is -0.497 e. The van der Waals surface area contributed by atoms with E-state index < -0.39 is 5.54 Å². The Labute approximate surface area is 113 Å². The molecule has 1 aliphatic carbocycles. The fraction of sp³-hybridized carbons (Fsp3) is 0.533. The van der Waals surface area contributed by atoms with Crippen molar-refractivity contribution in [3.05, 3.63) is 23.8 Å². The molecule has 1 aromatic carbocycles. The van der Waals surface area contributed by atoms with E-state index in [4.69, 9.17) is 15.2 Å². The zero-order chi connectivity index (χ0) is 13.9. The number of ketones is 1. The van der Waals surface area contributed by atoms with Crippen LogP contribution < -0.4 is 15.2 Å². The van der Waals surface area contributed by atoms with Crippen LogP contribution in [0.5, 0.6) is 11.5 Å². The van der Waals surface area contributed by atoms with E-state index in [2.05, 4.69) is 0 Å². The van der Waals surface area contributed by atoms with Crippen molar-refractivity contribution in [1.29, 1.82) is 0 Å². The van der Waals surface area contributed by atoms with Crippen LogP contribution in [0.15, 0.2) is 18.2 Å². The summed E-state index contributed by atoms with van der Waals surface area (Å²) in [5, 5.41) is 0. The fourth-order valence-electron chi connectivity index (χ4n) is 2.66. The van der Waals surface area contributed by atoms with E-state index in [1.807, 2.05) is 0 Å². The first kappa shape index (κ1) is 13.9. The molecule has 0 heterocycles. The van der Waals surface area contributed by atoms with Crippen LogP contribution in [-0.4, -0.2) is 25.5 Å². The third-order valence-corrected chi connectivity index (χ3v) is 3.85. The Kier molecular flexibility index (Phi) is 4.10. The van der Waals surface area contributed by atoms with Gasteiger partial charge in [-0.25, -0.2) is 0 Å². The third-order valence-electron chi connectivity index (χ3n) is 3.85. The molecule has 4 nitrogen and oxygen atoms in total. The average Bonchev–Trinajstić information content (AvgIpc) is 2.46. The summed E-state index contributed by atoms with van der Waals surface area (Å²) in [5.41, 5.74) is 6.11. The molecule has 0 amide bonds. The first-order chi connectivity index (χ1) is 9.10. The van der Waals surface area contributed by atoms with Crippen molar-refractivity contribution in [2.75, 3.05) is 14.2 Å². The number of Topliss-reactive ketones (excluding diaryl/α,β-unsaturated/α-hetero) is 1. The van der Waals surface area contributed by atoms with Gasteiger partial charge in [-0.1, -0.05) is 19.3 Å². The van der Waals surface area contributed by atoms with Gasteiger partial charge < -0.3 is 15.2 Å². The van der Waals surface area contributed by atoms with E-state index in [9.17, 15) is 4.79 Å². The Morgan fingerprint density at radius 2 is 1.84 bits per heavy atom. The van der Waals surface area contributed by atoms with Gasteiger partial charge in [0.05, 0.1) is 25.3 Å². The lowest BCUT2D eigenvalue weighted by atomic mass is 9.77. The molecule has 1 saturated carbocycles. The Morgan fingerprint density at radius 3 is 2.42 bits per heavy atom. The molecule has 2 N–H and O–H groups in total. The predicted molar refractivity (Wildman–Crippen MR) is 73.9 cm³/mol. The van der Waals surface area contributed by atoms with Gasteiger partial charge in [0.15, 0.2) is 5.78 Å². The molecule has 0 bridgehead atoms. The monoisotopic (exact) mass is 263 g/mol. The molecule has 0 radical (unpaired) electrons. The van der Waals surface area contributed by atoms with Gasteiger partial charge in [-0.15, -0.1) is 0 Å². The zero-order valence-corrected chi connectivity index (χ0v) is 11.6. The van der Waals surface area contributed by atoms with Crippen molar-refractivity contribution in [3.63, 3.8) is 0 Å². The summed E-state index contributed by atoms with van der Waals surface area (Å²) in [7, 11) is 3.14. The van der Waals surface area contributed by atoms with Crippen molar-refractivity contribution in [2.45, 2.75) is 37.6 Å². The van der Waals surface area contributed by atoms with E-state index in [1.54, 1.807) is 32.4 Å². The topological polar surface area (TPSA) is 61.5 Å². The van der Waals surface area contributed by atoms with Gasteiger partial charge in [0.1, 0.15) is 11.5 Å². The minimum absolute atomic E-state index is 0.0216. The Morgan fingerprint density at radius 1 is 1.16 bits per heavy atom. The van der Waals surface area contributed by atoms with E-state index in [0.717, 1.165) is 32.1 Å². The largest absolute Gasteiger partial charge is 0.497 e. The van der Waals surface area contributed by atoms with Crippen LogP contribution >= 0.6 is 0 Å². The second-order valence-electron chi connectivity index (χ2n) is 5.11. The number of rotatable bonds is 4. The van der Waals surface area contributed by atoms with Crippen molar-refractivity contribution in [2.24, 2.45) is 5.73 Å². The number of hydrogen-bond donors (Lipinski definition) is 1. The van der Waals surface area contributed by atoms with Gasteiger partial charge in [0.25, 0.3) is 0 Å². The van der Waals surface area contributed by atoms with Crippen LogP contribution in [0, 0.1) is 0 Å². The number of nitrogens with two attached hydrogens (primary N) is 1. The summed E-state index contributed by atoms with van der Waals surface area (Å²) < 4.78 is 10.4. The van der Waals surface area contributed by atoms with E-state index >= 15 is 0 Å². The first-order valence-electron chi connectivity index (χ1n) is 6.66. The molecule has 1 aromatic rings. The highest BCUT2D eigenvalue weighted by Crippen LogP contribution is 2.33. The highest BCUT2D eigenvalue weighted by atomic mass is 16.5. The summed E-state index contributed by atoms with van der Waals surface area (Å²) in [6.45, 7) is 0. The molecular weight excluding hydrogens is 242 g/mol. The van der Waals surface area contributed by atoms with Gasteiger partial charge in [-0.3, -0.25) is 4.79 Å². The van der Waals surface area contributed by atoms with Crippen LogP contribution in [0.25, 0.3) is 0 Å². The summed E-state index contributed by atoms with van der Waals surface area (Å²) in [6, 6.07) is 5.23. The Bertz CT molecular complexity index is 464. The predicted octanol–water partition coefficient (Wildman–Crippen LogP) is 2.55. The highest BCUT2D eigenvalue weighted by molar-refractivity contribution is 6.05. The fourth-order valence-corrected chi connectivity index (χ4v) is 2.66. The number of carbonyl (C=O) groups is 1. The molecule has 1 aliphatic rings. The lowest BCUT2D eigenvalue weighted by molar-refractivity contribution is 0.0844. The maximum absolute atomic E-state index is 12.7. The lowest BCUT2D eigenvalue weighted by Gasteiger charge is -2.32. The van der Waals surface area contributed by atoms with Gasteiger partial charge in [-0.05, 0) is 25.0 Å². The van der Waals surface area contributed by atoms with Crippen LogP contribution in [0.3, 0.4) is 0 Å². The van der Waals surface area contributed by atoms with E-state index in [1.165, 1.54) is 0 Å². The van der Waals surface area contributed by atoms with Crippen LogP contribution in [0.1, 0.15) is 42.5 Å². The first-order valence-corrected chi connectivity index (χ1v) is 6.66. The maximum atomic E-state index is 12.7. The summed E-state index contributed by atoms with van der Waals surface area (Å²) in [5.74, 6) is 1.18. The molecular formula is C15H21NO3. The molecule has 19 heavy (non-hydrogen) atoms. The van der Waals surface area contributed by atoms with Crippen LogP contribution in [-0.2, 0) is 0 Å². The second kappa shape index (κ2) is 5.61. The number of hydrogen-bond acceptors (Lipinski definition) is 4. The van der Waals surface area contributed by atoms with E-state index in [-0.39, 0.29) is 5.78 Å². The molecule has 2 rings (SSSR count). The molecule has 104 valence electrons. The standard InChI is InChI=1S/C15H21NO3/c1-18-11-6-7-12(13(10-11)19-2)14(17)15(16)8-4-3-5-9-15/h6-7,10H,3-5,8-9,16H2,1-2H3. The molecule has 0 unspecified atom stereocenters. The third kappa shape index (κ3) is 2.73. The van der Waals surface area contributed by atoms with Crippen LogP contribution in [0.2, 0.25) is 0 Å². The minimum atomic E-state index is -0.736. The molecule has 0 atom stereocenters. The Hall–Kier alpha value is -1.55.